The molecule has 0 saturated carbocycles. The molecule has 0 radical (unpaired) electrons. The molecule has 3 rings (SSSR count). The van der Waals surface area contributed by atoms with Crippen molar-refractivity contribution in [2.24, 2.45) is 0 Å². The molecule has 0 aromatic carbocycles. The second-order valence-electron chi connectivity index (χ2n) is 6.84. The van der Waals surface area contributed by atoms with E-state index in [0.717, 1.165) is 24.1 Å². The van der Waals surface area contributed by atoms with Gasteiger partial charge in [0.25, 0.3) is 0 Å². The maximum Gasteiger partial charge on any atom is 0.434 e. The zero-order chi connectivity index (χ0) is 17.5. The Kier molecular flexibility index (Phi) is 4.06. The number of rotatable bonds is 3. The molecule has 0 bridgehead atoms. The summed E-state index contributed by atoms with van der Waals surface area (Å²) in [7, 11) is 0. The van der Waals surface area contributed by atoms with E-state index in [1.807, 2.05) is 32.6 Å². The van der Waals surface area contributed by atoms with E-state index < -0.39 is 11.2 Å². The summed E-state index contributed by atoms with van der Waals surface area (Å²) in [5.74, 6) is 0.688. The summed E-state index contributed by atoms with van der Waals surface area (Å²) in [6, 6.07) is 0. The third kappa shape index (κ3) is 2.76. The van der Waals surface area contributed by atoms with Crippen LogP contribution in [0.4, 0.5) is 0 Å². The molecular weight excluding hydrogens is 312 g/mol. The summed E-state index contributed by atoms with van der Waals surface area (Å²) in [5, 5.41) is 10.1. The Morgan fingerprint density at radius 1 is 1.29 bits per heavy atom. The van der Waals surface area contributed by atoms with E-state index >= 15 is 0 Å². The van der Waals surface area contributed by atoms with Gasteiger partial charge in [-0.2, -0.15) is 0 Å². The number of likely N-dealkylation sites (tertiary alicyclic amines) is 1. The Morgan fingerprint density at radius 3 is 2.46 bits per heavy atom. The van der Waals surface area contributed by atoms with E-state index in [0.29, 0.717) is 24.7 Å². The van der Waals surface area contributed by atoms with Crippen LogP contribution in [0, 0.1) is 13.8 Å². The van der Waals surface area contributed by atoms with E-state index in [4.69, 9.17) is 8.94 Å². The van der Waals surface area contributed by atoms with Crippen LogP contribution in [0.15, 0.2) is 13.7 Å². The van der Waals surface area contributed by atoms with Gasteiger partial charge in [0.2, 0.25) is 11.8 Å². The van der Waals surface area contributed by atoms with Gasteiger partial charge < -0.3 is 13.8 Å². The van der Waals surface area contributed by atoms with Crippen molar-refractivity contribution in [3.8, 4) is 0 Å². The number of amides is 1. The third-order valence-corrected chi connectivity index (χ3v) is 4.78. The Hall–Kier alpha value is -2.38. The molecule has 1 N–H and O–H groups in total. The monoisotopic (exact) mass is 334 g/mol. The van der Waals surface area contributed by atoms with Crippen molar-refractivity contribution in [3.05, 3.63) is 33.5 Å². The van der Waals surface area contributed by atoms with Crippen molar-refractivity contribution in [2.45, 2.75) is 51.9 Å². The van der Waals surface area contributed by atoms with Crippen LogP contribution < -0.4 is 5.76 Å². The summed E-state index contributed by atoms with van der Waals surface area (Å²) in [4.78, 5) is 26.0. The predicted octanol–water partition coefficient (Wildman–Crippen LogP) is 1.65. The Labute approximate surface area is 139 Å². The largest absolute Gasteiger partial charge is 0.434 e. The van der Waals surface area contributed by atoms with Crippen molar-refractivity contribution in [3.63, 3.8) is 0 Å². The van der Waals surface area contributed by atoms with Crippen LogP contribution in [0.3, 0.4) is 0 Å². The van der Waals surface area contributed by atoms with E-state index in [1.54, 1.807) is 0 Å². The van der Waals surface area contributed by atoms with Gasteiger partial charge in [0.15, 0.2) is 0 Å². The van der Waals surface area contributed by atoms with Gasteiger partial charge >= 0.3 is 5.76 Å². The number of hydrogen-bond acceptors (Lipinski definition) is 6. The summed E-state index contributed by atoms with van der Waals surface area (Å²) in [6.45, 7) is 8.70. The maximum atomic E-state index is 13.0. The number of H-pyrrole nitrogens is 1. The second kappa shape index (κ2) is 5.92. The maximum absolute atomic E-state index is 13.0. The quantitative estimate of drug-likeness (QED) is 0.915. The molecule has 2 aromatic heterocycles. The lowest BCUT2D eigenvalue weighted by Gasteiger charge is -2.36. The molecule has 1 fully saturated rings. The van der Waals surface area contributed by atoms with Crippen LogP contribution in [0.5, 0.6) is 0 Å². The first kappa shape index (κ1) is 16.5. The van der Waals surface area contributed by atoms with Crippen molar-refractivity contribution in [1.82, 2.24) is 20.3 Å². The lowest BCUT2D eigenvalue weighted by Crippen LogP contribution is -2.47. The van der Waals surface area contributed by atoms with Crippen LogP contribution in [0.25, 0.3) is 0 Å². The topological polar surface area (TPSA) is 105 Å². The fourth-order valence-electron chi connectivity index (χ4n) is 3.62. The normalized spacial score (nSPS) is 16.6. The zero-order valence-corrected chi connectivity index (χ0v) is 14.4. The highest BCUT2D eigenvalue weighted by Crippen LogP contribution is 2.33. The molecule has 1 amide bonds. The fraction of sp³-hybridized carbons (Fsp3) is 0.625. The van der Waals surface area contributed by atoms with Gasteiger partial charge in [-0.05, 0) is 40.5 Å². The highest BCUT2D eigenvalue weighted by atomic mass is 16.5. The third-order valence-electron chi connectivity index (χ3n) is 4.78. The summed E-state index contributed by atoms with van der Waals surface area (Å²) in [6.07, 6.45) is 1.44. The number of carbonyl (C=O) groups excluding carboxylic acids is 1. The smallest absolute Gasteiger partial charge is 0.392 e. The minimum atomic E-state index is -0.695. The number of nitrogens with one attached hydrogen (secondary N) is 1. The molecule has 8 heteroatoms. The molecule has 2 aromatic rings. The molecule has 130 valence electrons. The van der Waals surface area contributed by atoms with Gasteiger partial charge in [0.1, 0.15) is 5.76 Å². The molecule has 0 atom stereocenters. The molecule has 0 spiro atoms. The van der Waals surface area contributed by atoms with Crippen LogP contribution in [0.1, 0.15) is 55.5 Å². The number of carbonyl (C=O) groups is 1. The van der Waals surface area contributed by atoms with Crippen LogP contribution in [-0.2, 0) is 10.2 Å². The minimum Gasteiger partial charge on any atom is -0.392 e. The van der Waals surface area contributed by atoms with Crippen molar-refractivity contribution in [2.75, 3.05) is 13.1 Å². The minimum absolute atomic E-state index is 0.0545. The number of aryl methyl sites for hydroxylation is 2. The standard InChI is InChI=1S/C16H22N4O4/c1-9-12(10(2)24-19-9)16(3,4)14(21)20-7-5-11(6-8-20)13-17-18-15(22)23-13/h11H,5-8H2,1-4H3,(H,18,22). The van der Waals surface area contributed by atoms with Gasteiger partial charge in [0, 0.05) is 24.6 Å². The van der Waals surface area contributed by atoms with Crippen LogP contribution in [0.2, 0.25) is 0 Å². The molecule has 0 aliphatic carbocycles. The average molecular weight is 334 g/mol. The molecule has 1 aliphatic heterocycles. The Bertz CT molecular complexity index is 774. The first-order chi connectivity index (χ1) is 11.3. The van der Waals surface area contributed by atoms with E-state index in [1.165, 1.54) is 0 Å². The molecule has 8 nitrogen and oxygen atoms in total. The number of aromatic amines is 1. The van der Waals surface area contributed by atoms with Crippen molar-refractivity contribution in [1.29, 1.82) is 0 Å². The van der Waals surface area contributed by atoms with Crippen LogP contribution in [-0.4, -0.2) is 39.3 Å². The van der Waals surface area contributed by atoms with Gasteiger partial charge in [-0.25, -0.2) is 9.89 Å². The van der Waals surface area contributed by atoms with Gasteiger partial charge in [-0.15, -0.1) is 5.10 Å². The van der Waals surface area contributed by atoms with Gasteiger partial charge in [-0.1, -0.05) is 5.16 Å². The first-order valence-corrected chi connectivity index (χ1v) is 8.09. The summed E-state index contributed by atoms with van der Waals surface area (Å²) < 4.78 is 10.3. The summed E-state index contributed by atoms with van der Waals surface area (Å²) >= 11 is 0. The van der Waals surface area contributed by atoms with Crippen molar-refractivity contribution < 1.29 is 13.7 Å². The van der Waals surface area contributed by atoms with E-state index in [-0.39, 0.29) is 11.8 Å². The van der Waals surface area contributed by atoms with Gasteiger partial charge in [0.05, 0.1) is 11.1 Å². The van der Waals surface area contributed by atoms with Crippen LogP contribution >= 0.6 is 0 Å². The Balaban J connectivity index is 1.72. The van der Waals surface area contributed by atoms with Gasteiger partial charge in [-0.3, -0.25) is 4.79 Å². The predicted molar refractivity (Wildman–Crippen MR) is 84.7 cm³/mol. The molecule has 1 aliphatic rings. The first-order valence-electron chi connectivity index (χ1n) is 8.09. The summed E-state index contributed by atoms with van der Waals surface area (Å²) in [5.41, 5.74) is 0.909. The molecule has 1 saturated heterocycles. The van der Waals surface area contributed by atoms with E-state index in [9.17, 15) is 9.59 Å². The SMILES string of the molecule is Cc1noc(C)c1C(C)(C)C(=O)N1CCC(c2n[nH]c(=O)o2)CC1. The van der Waals surface area contributed by atoms with E-state index in [2.05, 4.69) is 15.4 Å². The fourth-order valence-corrected chi connectivity index (χ4v) is 3.62. The highest BCUT2D eigenvalue weighted by Gasteiger charge is 2.39. The van der Waals surface area contributed by atoms with Crippen molar-refractivity contribution >= 4 is 5.91 Å². The number of piperidine rings is 1. The number of nitrogens with zero attached hydrogens (tertiary/aromatic N) is 3. The highest BCUT2D eigenvalue weighted by molar-refractivity contribution is 5.88. The number of aromatic nitrogens is 3. The lowest BCUT2D eigenvalue weighted by molar-refractivity contribution is -0.137. The molecule has 0 unspecified atom stereocenters. The number of hydrogen-bond donors (Lipinski definition) is 1. The molecule has 24 heavy (non-hydrogen) atoms. The molecule has 3 heterocycles. The Morgan fingerprint density at radius 2 is 1.96 bits per heavy atom. The lowest BCUT2D eigenvalue weighted by atomic mass is 9.81. The zero-order valence-electron chi connectivity index (χ0n) is 14.4. The molecular formula is C16H22N4O4. The average Bonchev–Trinajstić information content (AvgIpc) is 3.12. The second-order valence-corrected chi connectivity index (χ2v) is 6.84.